The summed E-state index contributed by atoms with van der Waals surface area (Å²) < 4.78 is 23.2. The molecule has 0 radical (unpaired) electrons. The zero-order valence-electron chi connectivity index (χ0n) is 8.33. The van der Waals surface area contributed by atoms with E-state index in [0.717, 1.165) is 4.47 Å². The van der Waals surface area contributed by atoms with Gasteiger partial charge in [-0.1, -0.05) is 15.9 Å². The van der Waals surface area contributed by atoms with Gasteiger partial charge in [0.1, 0.15) is 0 Å². The Hall–Kier alpha value is -0.590. The molecule has 1 amide bonds. The third-order valence-electron chi connectivity index (χ3n) is 1.81. The molecule has 0 spiro atoms. The molecule has 0 unspecified atom stereocenters. The number of halogens is 2. The van der Waals surface area contributed by atoms with E-state index in [1.807, 2.05) is 0 Å². The zero-order valence-corrected chi connectivity index (χ0v) is 11.5. The minimum absolute atomic E-state index is 0.00566. The van der Waals surface area contributed by atoms with Crippen LogP contribution in [0.3, 0.4) is 0 Å². The lowest BCUT2D eigenvalue weighted by Crippen LogP contribution is -2.20. The van der Waals surface area contributed by atoms with Gasteiger partial charge in [0.05, 0.1) is 4.90 Å². The van der Waals surface area contributed by atoms with E-state index in [4.69, 9.17) is 10.7 Å². The molecular weight excluding hydrogens is 318 g/mol. The molecule has 7 heteroatoms. The van der Waals surface area contributed by atoms with E-state index in [1.165, 1.54) is 13.0 Å². The second-order valence-electron chi connectivity index (χ2n) is 3.10. The largest absolute Gasteiger partial charge is 0.352 e. The van der Waals surface area contributed by atoms with Gasteiger partial charge >= 0.3 is 0 Å². The summed E-state index contributed by atoms with van der Waals surface area (Å²) in [6.07, 6.45) is 0. The Labute approximate surface area is 107 Å². The number of amides is 1. The number of hydrogen-bond donors (Lipinski definition) is 1. The number of rotatable bonds is 3. The molecule has 0 aliphatic carbocycles. The van der Waals surface area contributed by atoms with Crippen molar-refractivity contribution in [2.24, 2.45) is 0 Å². The van der Waals surface area contributed by atoms with Crippen molar-refractivity contribution >= 4 is 41.6 Å². The van der Waals surface area contributed by atoms with Crippen LogP contribution >= 0.6 is 26.6 Å². The standard InChI is InChI=1S/C9H9BrClNO3S/c1-6(13)12-5-7-4-8(10)2-3-9(7)16(11,14)15/h2-4H,5H2,1H3,(H,12,13). The Morgan fingerprint density at radius 3 is 2.62 bits per heavy atom. The Morgan fingerprint density at radius 2 is 2.12 bits per heavy atom. The molecule has 88 valence electrons. The number of carbonyl (C=O) groups excluding carboxylic acids is 1. The molecule has 16 heavy (non-hydrogen) atoms. The minimum atomic E-state index is -3.80. The van der Waals surface area contributed by atoms with E-state index in [2.05, 4.69) is 21.2 Å². The first-order chi connectivity index (χ1) is 7.30. The van der Waals surface area contributed by atoms with E-state index in [9.17, 15) is 13.2 Å². The number of nitrogens with one attached hydrogen (secondary N) is 1. The van der Waals surface area contributed by atoms with Gasteiger partial charge in [-0.25, -0.2) is 8.42 Å². The topological polar surface area (TPSA) is 63.2 Å². The summed E-state index contributed by atoms with van der Waals surface area (Å²) in [5, 5.41) is 2.52. The highest BCUT2D eigenvalue weighted by molar-refractivity contribution is 9.10. The maximum Gasteiger partial charge on any atom is 0.261 e. The van der Waals surface area contributed by atoms with Crippen molar-refractivity contribution in [3.05, 3.63) is 28.2 Å². The predicted octanol–water partition coefficient (Wildman–Crippen LogP) is 2.01. The van der Waals surface area contributed by atoms with Crippen LogP contribution < -0.4 is 5.32 Å². The summed E-state index contributed by atoms with van der Waals surface area (Å²) in [5.41, 5.74) is 0.444. The summed E-state index contributed by atoms with van der Waals surface area (Å²) >= 11 is 3.22. The molecule has 0 aliphatic rings. The summed E-state index contributed by atoms with van der Waals surface area (Å²) in [7, 11) is 1.48. The Balaban J connectivity index is 3.14. The van der Waals surface area contributed by atoms with Crippen LogP contribution in [-0.2, 0) is 20.4 Å². The van der Waals surface area contributed by atoms with Crippen LogP contribution in [0.15, 0.2) is 27.6 Å². The van der Waals surface area contributed by atoms with Crippen LogP contribution in [0.1, 0.15) is 12.5 Å². The minimum Gasteiger partial charge on any atom is -0.352 e. The van der Waals surface area contributed by atoms with Gasteiger partial charge in [0.2, 0.25) is 5.91 Å². The summed E-state index contributed by atoms with van der Waals surface area (Å²) in [6, 6.07) is 4.57. The van der Waals surface area contributed by atoms with Crippen molar-refractivity contribution in [1.29, 1.82) is 0 Å². The van der Waals surface area contributed by atoms with Gasteiger partial charge in [-0.05, 0) is 23.8 Å². The van der Waals surface area contributed by atoms with Gasteiger partial charge in [-0.2, -0.15) is 0 Å². The van der Waals surface area contributed by atoms with Crippen LogP contribution in [-0.4, -0.2) is 14.3 Å². The van der Waals surface area contributed by atoms with Crippen molar-refractivity contribution in [1.82, 2.24) is 5.32 Å². The average molecular weight is 327 g/mol. The molecule has 0 bridgehead atoms. The van der Waals surface area contributed by atoms with Crippen molar-refractivity contribution in [3.63, 3.8) is 0 Å². The molecule has 0 fully saturated rings. The van der Waals surface area contributed by atoms with Gasteiger partial charge in [0, 0.05) is 28.6 Å². The lowest BCUT2D eigenvalue weighted by molar-refractivity contribution is -0.119. The highest BCUT2D eigenvalue weighted by atomic mass is 79.9. The van der Waals surface area contributed by atoms with Crippen LogP contribution in [0, 0.1) is 0 Å². The first-order valence-corrected chi connectivity index (χ1v) is 7.38. The van der Waals surface area contributed by atoms with Crippen molar-refractivity contribution in [2.45, 2.75) is 18.4 Å². The normalized spacial score (nSPS) is 11.2. The van der Waals surface area contributed by atoms with E-state index < -0.39 is 9.05 Å². The maximum absolute atomic E-state index is 11.2. The van der Waals surface area contributed by atoms with E-state index in [-0.39, 0.29) is 17.3 Å². The lowest BCUT2D eigenvalue weighted by atomic mass is 10.2. The maximum atomic E-state index is 11.2. The monoisotopic (exact) mass is 325 g/mol. The summed E-state index contributed by atoms with van der Waals surface area (Å²) in [5.74, 6) is -0.238. The highest BCUT2D eigenvalue weighted by Gasteiger charge is 2.15. The van der Waals surface area contributed by atoms with Crippen molar-refractivity contribution in [3.8, 4) is 0 Å². The van der Waals surface area contributed by atoms with E-state index in [0.29, 0.717) is 5.56 Å². The first-order valence-electron chi connectivity index (χ1n) is 4.28. The SMILES string of the molecule is CC(=O)NCc1cc(Br)ccc1S(=O)(=O)Cl. The molecule has 4 nitrogen and oxygen atoms in total. The average Bonchev–Trinajstić information content (AvgIpc) is 2.12. The molecule has 1 N–H and O–H groups in total. The fourth-order valence-corrected chi connectivity index (χ4v) is 2.68. The Kier molecular flexibility index (Phi) is 4.35. The molecule has 0 atom stereocenters. The van der Waals surface area contributed by atoms with Crippen molar-refractivity contribution in [2.75, 3.05) is 0 Å². The fraction of sp³-hybridized carbons (Fsp3) is 0.222. The van der Waals surface area contributed by atoms with Crippen LogP contribution in [0.25, 0.3) is 0 Å². The van der Waals surface area contributed by atoms with Crippen LogP contribution in [0.4, 0.5) is 0 Å². The van der Waals surface area contributed by atoms with Crippen LogP contribution in [0.2, 0.25) is 0 Å². The second-order valence-corrected chi connectivity index (χ2v) is 6.55. The van der Waals surface area contributed by atoms with Gasteiger partial charge in [0.25, 0.3) is 9.05 Å². The zero-order chi connectivity index (χ0) is 12.3. The molecule has 0 saturated carbocycles. The molecule has 0 aromatic heterocycles. The molecular formula is C9H9BrClNO3S. The number of hydrogen-bond acceptors (Lipinski definition) is 3. The smallest absolute Gasteiger partial charge is 0.261 e. The Bertz CT molecular complexity index is 515. The van der Waals surface area contributed by atoms with E-state index >= 15 is 0 Å². The number of carbonyl (C=O) groups is 1. The van der Waals surface area contributed by atoms with Crippen LogP contribution in [0.5, 0.6) is 0 Å². The summed E-state index contributed by atoms with van der Waals surface area (Å²) in [4.78, 5) is 10.8. The van der Waals surface area contributed by atoms with Gasteiger partial charge in [-0.3, -0.25) is 4.79 Å². The van der Waals surface area contributed by atoms with Crippen molar-refractivity contribution < 1.29 is 13.2 Å². The summed E-state index contributed by atoms with van der Waals surface area (Å²) in [6.45, 7) is 1.48. The lowest BCUT2D eigenvalue weighted by Gasteiger charge is -2.07. The predicted molar refractivity (Wildman–Crippen MR) is 64.7 cm³/mol. The van der Waals surface area contributed by atoms with E-state index in [1.54, 1.807) is 12.1 Å². The quantitative estimate of drug-likeness (QED) is 0.864. The molecule has 0 saturated heterocycles. The third kappa shape index (κ3) is 3.77. The second kappa shape index (κ2) is 5.16. The van der Waals surface area contributed by atoms with Gasteiger partial charge < -0.3 is 5.32 Å². The Morgan fingerprint density at radius 1 is 1.50 bits per heavy atom. The van der Waals surface area contributed by atoms with Gasteiger partial charge in [-0.15, -0.1) is 0 Å². The molecule has 1 aromatic carbocycles. The fourth-order valence-electron chi connectivity index (χ4n) is 1.14. The molecule has 0 heterocycles. The van der Waals surface area contributed by atoms with Gasteiger partial charge in [0.15, 0.2) is 0 Å². The molecule has 1 rings (SSSR count). The molecule has 1 aromatic rings. The molecule has 0 aliphatic heterocycles. The number of benzene rings is 1. The third-order valence-corrected chi connectivity index (χ3v) is 3.73. The first kappa shape index (κ1) is 13.5. The highest BCUT2D eigenvalue weighted by Crippen LogP contribution is 2.23.